The lowest BCUT2D eigenvalue weighted by atomic mass is 10.1. The summed E-state index contributed by atoms with van der Waals surface area (Å²) in [7, 11) is 0. The molecular formula is C18H33. The van der Waals surface area contributed by atoms with Gasteiger partial charge in [-0.2, -0.15) is 0 Å². The molecule has 0 unspecified atom stereocenters. The Morgan fingerprint density at radius 3 is 1.56 bits per heavy atom. The second-order valence-corrected chi connectivity index (χ2v) is 5.16. The van der Waals surface area contributed by atoms with Gasteiger partial charge in [0.2, 0.25) is 0 Å². The van der Waals surface area contributed by atoms with E-state index in [0.29, 0.717) is 0 Å². The van der Waals surface area contributed by atoms with Crippen molar-refractivity contribution in [2.24, 2.45) is 0 Å². The zero-order valence-corrected chi connectivity index (χ0v) is 12.3. The monoisotopic (exact) mass is 249 g/mol. The molecule has 0 nitrogen and oxygen atoms in total. The Morgan fingerprint density at radius 2 is 1.00 bits per heavy atom. The van der Waals surface area contributed by atoms with Gasteiger partial charge in [-0.1, -0.05) is 70.1 Å². The van der Waals surface area contributed by atoms with Gasteiger partial charge in [0.05, 0.1) is 0 Å². The summed E-state index contributed by atoms with van der Waals surface area (Å²) in [5, 5.41) is 0. The van der Waals surface area contributed by atoms with E-state index >= 15 is 0 Å². The normalized spacial score (nSPS) is 11.2. The molecule has 0 saturated carbocycles. The van der Waals surface area contributed by atoms with Crippen LogP contribution in [0.4, 0.5) is 0 Å². The van der Waals surface area contributed by atoms with E-state index in [4.69, 9.17) is 0 Å². The van der Waals surface area contributed by atoms with Gasteiger partial charge in [0, 0.05) is 0 Å². The minimum atomic E-state index is 1.11. The van der Waals surface area contributed by atoms with Crippen LogP contribution in [0.1, 0.15) is 83.5 Å². The second kappa shape index (κ2) is 16.5. The van der Waals surface area contributed by atoms with Gasteiger partial charge in [0.25, 0.3) is 0 Å². The molecule has 0 aromatic heterocycles. The number of unbranched alkanes of at least 4 members (excludes halogenated alkanes) is 11. The van der Waals surface area contributed by atoms with Crippen molar-refractivity contribution in [2.45, 2.75) is 83.5 Å². The molecule has 0 atom stereocenters. The van der Waals surface area contributed by atoms with E-state index < -0.39 is 0 Å². The van der Waals surface area contributed by atoms with E-state index in [0.717, 1.165) is 6.42 Å². The molecular weight excluding hydrogens is 216 g/mol. The van der Waals surface area contributed by atoms with Crippen LogP contribution >= 0.6 is 0 Å². The standard InChI is InChI=1S/C18H33/c1-3-5-7-9-11-13-15-17-18-16-14-12-10-8-6-4-2/h3,15,17H,1-2,4-14,16,18H2. The highest BCUT2D eigenvalue weighted by atomic mass is 14.0. The molecule has 0 saturated heterocycles. The van der Waals surface area contributed by atoms with E-state index in [9.17, 15) is 0 Å². The van der Waals surface area contributed by atoms with E-state index in [1.807, 2.05) is 6.08 Å². The van der Waals surface area contributed by atoms with Crippen molar-refractivity contribution < 1.29 is 0 Å². The lowest BCUT2D eigenvalue weighted by Gasteiger charge is -1.99. The van der Waals surface area contributed by atoms with Crippen molar-refractivity contribution in [1.82, 2.24) is 0 Å². The van der Waals surface area contributed by atoms with Gasteiger partial charge < -0.3 is 0 Å². The van der Waals surface area contributed by atoms with Crippen molar-refractivity contribution in [3.05, 3.63) is 31.7 Å². The molecule has 0 aliphatic rings. The first-order valence-corrected chi connectivity index (χ1v) is 7.97. The molecule has 0 N–H and O–H groups in total. The number of hydrogen-bond acceptors (Lipinski definition) is 0. The first-order valence-electron chi connectivity index (χ1n) is 7.97. The van der Waals surface area contributed by atoms with Gasteiger partial charge in [-0.15, -0.1) is 6.58 Å². The molecule has 0 spiro atoms. The largest absolute Gasteiger partial charge is 0.103 e. The molecule has 0 aromatic carbocycles. The van der Waals surface area contributed by atoms with Crippen LogP contribution in [0.15, 0.2) is 24.8 Å². The Bertz CT molecular complexity index is 178. The topological polar surface area (TPSA) is 0 Å². The van der Waals surface area contributed by atoms with E-state index in [-0.39, 0.29) is 0 Å². The summed E-state index contributed by atoms with van der Waals surface area (Å²) < 4.78 is 0. The average molecular weight is 249 g/mol. The third kappa shape index (κ3) is 15.5. The molecule has 0 aliphatic carbocycles. The summed E-state index contributed by atoms with van der Waals surface area (Å²) in [6.45, 7) is 7.61. The van der Waals surface area contributed by atoms with Crippen molar-refractivity contribution >= 4 is 0 Å². The number of allylic oxidation sites excluding steroid dienone is 3. The summed E-state index contributed by atoms with van der Waals surface area (Å²) in [5.74, 6) is 0. The van der Waals surface area contributed by atoms with Crippen molar-refractivity contribution in [1.29, 1.82) is 0 Å². The quantitative estimate of drug-likeness (QED) is 0.239. The molecule has 18 heavy (non-hydrogen) atoms. The molecule has 0 heterocycles. The lowest BCUT2D eigenvalue weighted by molar-refractivity contribution is 0.599. The Labute approximate surface area is 116 Å². The van der Waals surface area contributed by atoms with Crippen molar-refractivity contribution in [2.75, 3.05) is 0 Å². The fourth-order valence-electron chi connectivity index (χ4n) is 2.11. The summed E-state index contributed by atoms with van der Waals surface area (Å²) in [6, 6.07) is 0. The highest BCUT2D eigenvalue weighted by molar-refractivity contribution is 4.81. The molecule has 0 aromatic rings. The average Bonchev–Trinajstić information content (AvgIpc) is 2.39. The highest BCUT2D eigenvalue weighted by Gasteiger charge is 1.89. The molecule has 0 rings (SSSR count). The third-order valence-electron chi connectivity index (χ3n) is 3.32. The summed E-state index contributed by atoms with van der Waals surface area (Å²) in [5.41, 5.74) is 0. The summed E-state index contributed by atoms with van der Waals surface area (Å²) in [4.78, 5) is 0. The molecule has 1 radical (unpaired) electrons. The first kappa shape index (κ1) is 17.5. The zero-order valence-electron chi connectivity index (χ0n) is 12.3. The van der Waals surface area contributed by atoms with Crippen LogP contribution in [-0.4, -0.2) is 0 Å². The SMILES string of the molecule is [CH2]CCCCCCCCC=CCCCCCC=C. The predicted molar refractivity (Wildman–Crippen MR) is 84.7 cm³/mol. The molecule has 0 heteroatoms. The van der Waals surface area contributed by atoms with Gasteiger partial charge in [-0.05, 0) is 38.5 Å². The van der Waals surface area contributed by atoms with Crippen molar-refractivity contribution in [3.63, 3.8) is 0 Å². The minimum Gasteiger partial charge on any atom is -0.103 e. The maximum absolute atomic E-state index is 3.87. The zero-order chi connectivity index (χ0) is 13.3. The van der Waals surface area contributed by atoms with Crippen molar-refractivity contribution in [3.8, 4) is 0 Å². The molecule has 0 fully saturated rings. The summed E-state index contributed by atoms with van der Waals surface area (Å²) >= 11 is 0. The van der Waals surface area contributed by atoms with E-state index in [1.165, 1.54) is 77.0 Å². The second-order valence-electron chi connectivity index (χ2n) is 5.16. The van der Waals surface area contributed by atoms with Crippen LogP contribution in [0, 0.1) is 6.92 Å². The van der Waals surface area contributed by atoms with Crippen LogP contribution < -0.4 is 0 Å². The van der Waals surface area contributed by atoms with Crippen LogP contribution in [0.3, 0.4) is 0 Å². The fraction of sp³-hybridized carbons (Fsp3) is 0.722. The van der Waals surface area contributed by atoms with Gasteiger partial charge in [0.1, 0.15) is 0 Å². The van der Waals surface area contributed by atoms with Crippen LogP contribution in [0.2, 0.25) is 0 Å². The smallest absolute Gasteiger partial charge is 0.0351 e. The Hall–Kier alpha value is -0.520. The molecule has 0 amide bonds. The van der Waals surface area contributed by atoms with Gasteiger partial charge in [0.15, 0.2) is 0 Å². The Morgan fingerprint density at radius 1 is 0.556 bits per heavy atom. The summed E-state index contributed by atoms with van der Waals surface area (Å²) in [6.07, 6.45) is 23.9. The molecule has 0 bridgehead atoms. The van der Waals surface area contributed by atoms with Gasteiger partial charge in [-0.3, -0.25) is 0 Å². The number of rotatable bonds is 14. The molecule has 0 aliphatic heterocycles. The van der Waals surface area contributed by atoms with Gasteiger partial charge in [-0.25, -0.2) is 0 Å². The lowest BCUT2D eigenvalue weighted by Crippen LogP contribution is -1.79. The third-order valence-corrected chi connectivity index (χ3v) is 3.32. The van der Waals surface area contributed by atoms with E-state index in [1.54, 1.807) is 0 Å². The van der Waals surface area contributed by atoms with E-state index in [2.05, 4.69) is 25.7 Å². The fourth-order valence-corrected chi connectivity index (χ4v) is 2.11. The minimum absolute atomic E-state index is 1.11. The molecule has 105 valence electrons. The highest BCUT2D eigenvalue weighted by Crippen LogP contribution is 2.09. The predicted octanol–water partition coefficient (Wildman–Crippen LogP) is 6.63. The van der Waals surface area contributed by atoms with Crippen LogP contribution in [0.5, 0.6) is 0 Å². The van der Waals surface area contributed by atoms with Crippen LogP contribution in [-0.2, 0) is 0 Å². The Kier molecular flexibility index (Phi) is 16.0. The first-order chi connectivity index (χ1) is 8.91. The maximum atomic E-state index is 3.87. The van der Waals surface area contributed by atoms with Crippen LogP contribution in [0.25, 0.3) is 0 Å². The van der Waals surface area contributed by atoms with Gasteiger partial charge >= 0.3 is 0 Å². The maximum Gasteiger partial charge on any atom is -0.0351 e. The Balaban J connectivity index is 3.02. The number of hydrogen-bond donors (Lipinski definition) is 0.